The van der Waals surface area contributed by atoms with Crippen molar-refractivity contribution in [2.45, 2.75) is 52.4 Å². The molecular formula is C23H29NO4. The van der Waals surface area contributed by atoms with Crippen LogP contribution in [0.1, 0.15) is 65.5 Å². The summed E-state index contributed by atoms with van der Waals surface area (Å²) in [6.45, 7) is 8.85. The average molecular weight is 383 g/mol. The fourth-order valence-electron chi connectivity index (χ4n) is 4.13. The molecule has 1 atom stereocenters. The minimum Gasteiger partial charge on any atom is -0.492 e. The number of hydrogen-bond acceptors (Lipinski definition) is 3. The van der Waals surface area contributed by atoms with Gasteiger partial charge in [-0.3, -0.25) is 5.32 Å². The van der Waals surface area contributed by atoms with Gasteiger partial charge in [0.05, 0.1) is 12.3 Å². The maximum absolute atomic E-state index is 11.4. The number of carboxylic acid groups (broad SMARTS) is 1. The lowest BCUT2D eigenvalue weighted by Gasteiger charge is -2.21. The second-order valence-electron chi connectivity index (χ2n) is 7.79. The Hall–Kier alpha value is -2.53. The first-order chi connectivity index (χ1) is 13.3. The number of rotatable bonds is 6. The van der Waals surface area contributed by atoms with E-state index in [-0.39, 0.29) is 12.5 Å². The van der Waals surface area contributed by atoms with Crippen molar-refractivity contribution in [1.82, 2.24) is 0 Å². The van der Waals surface area contributed by atoms with Crippen molar-refractivity contribution in [3.8, 4) is 5.75 Å². The molecule has 1 amide bonds. The number of aliphatic hydroxyl groups is 1. The van der Waals surface area contributed by atoms with E-state index >= 15 is 0 Å². The van der Waals surface area contributed by atoms with Crippen LogP contribution in [0.3, 0.4) is 0 Å². The lowest BCUT2D eigenvalue weighted by molar-refractivity contribution is 0.209. The van der Waals surface area contributed by atoms with E-state index in [2.05, 4.69) is 43.4 Å². The summed E-state index contributed by atoms with van der Waals surface area (Å²) < 4.78 is 6.14. The van der Waals surface area contributed by atoms with Gasteiger partial charge in [-0.15, -0.1) is 0 Å². The van der Waals surface area contributed by atoms with E-state index < -0.39 is 6.09 Å². The molecule has 0 aromatic heterocycles. The van der Waals surface area contributed by atoms with Crippen molar-refractivity contribution in [2.75, 3.05) is 18.5 Å². The third-order valence-electron chi connectivity index (χ3n) is 5.69. The number of ether oxygens (including phenoxy) is 1. The van der Waals surface area contributed by atoms with Gasteiger partial charge in [0, 0.05) is 18.1 Å². The first-order valence-corrected chi connectivity index (χ1v) is 9.84. The predicted octanol–water partition coefficient (Wildman–Crippen LogP) is 4.97. The second-order valence-corrected chi connectivity index (χ2v) is 7.79. The number of amides is 1. The van der Waals surface area contributed by atoms with Crippen LogP contribution in [0.2, 0.25) is 0 Å². The Morgan fingerprint density at radius 2 is 1.89 bits per heavy atom. The van der Waals surface area contributed by atoms with Crippen LogP contribution < -0.4 is 10.1 Å². The van der Waals surface area contributed by atoms with Crippen molar-refractivity contribution in [1.29, 1.82) is 0 Å². The predicted molar refractivity (Wildman–Crippen MR) is 111 cm³/mol. The highest BCUT2D eigenvalue weighted by Crippen LogP contribution is 2.47. The minimum absolute atomic E-state index is 0.0685. The Kier molecular flexibility index (Phi) is 5.94. The van der Waals surface area contributed by atoms with Crippen LogP contribution in [-0.2, 0) is 6.42 Å². The maximum atomic E-state index is 11.4. The van der Waals surface area contributed by atoms with Gasteiger partial charge in [0.1, 0.15) is 5.75 Å². The van der Waals surface area contributed by atoms with E-state index in [4.69, 9.17) is 4.74 Å². The third kappa shape index (κ3) is 3.72. The summed E-state index contributed by atoms with van der Waals surface area (Å²) in [4.78, 5) is 11.4. The lowest BCUT2D eigenvalue weighted by Crippen LogP contribution is -2.13. The molecule has 2 aromatic carbocycles. The molecule has 3 rings (SSSR count). The van der Waals surface area contributed by atoms with Crippen molar-refractivity contribution in [2.24, 2.45) is 0 Å². The zero-order valence-corrected chi connectivity index (χ0v) is 17.0. The molecule has 0 bridgehead atoms. The Balaban J connectivity index is 2.11. The minimum atomic E-state index is -1.07. The van der Waals surface area contributed by atoms with Crippen LogP contribution >= 0.6 is 0 Å². The van der Waals surface area contributed by atoms with Gasteiger partial charge >= 0.3 is 6.09 Å². The standard InChI is InChI=1S/C23H29NO4/c1-13(2)16-7-9-17(10-8-16)19-12-28-22-18(6-5-11-25)14(3)21(24-23(26)27)15(4)20(19)22/h7-10,13,19,24-25H,5-6,11-12H2,1-4H3,(H,26,27). The summed E-state index contributed by atoms with van der Waals surface area (Å²) >= 11 is 0. The number of hydrogen-bond donors (Lipinski definition) is 3. The Bertz CT molecular complexity index is 871. The molecule has 28 heavy (non-hydrogen) atoms. The second kappa shape index (κ2) is 8.23. The van der Waals surface area contributed by atoms with Gasteiger partial charge in [0.2, 0.25) is 0 Å². The molecule has 0 saturated carbocycles. The molecule has 5 heteroatoms. The van der Waals surface area contributed by atoms with Crippen LogP contribution in [0.25, 0.3) is 0 Å². The third-order valence-corrected chi connectivity index (χ3v) is 5.69. The van der Waals surface area contributed by atoms with Gasteiger partial charge < -0.3 is 14.9 Å². The molecule has 0 aliphatic carbocycles. The Labute approximate surface area is 166 Å². The molecule has 0 saturated heterocycles. The summed E-state index contributed by atoms with van der Waals surface area (Å²) in [7, 11) is 0. The average Bonchev–Trinajstić information content (AvgIpc) is 3.10. The topological polar surface area (TPSA) is 78.8 Å². The summed E-state index contributed by atoms with van der Waals surface area (Å²) in [6, 6.07) is 8.61. The number of anilines is 1. The summed E-state index contributed by atoms with van der Waals surface area (Å²) in [5.41, 5.74) is 6.93. The summed E-state index contributed by atoms with van der Waals surface area (Å²) in [6.07, 6.45) is 0.189. The van der Waals surface area contributed by atoms with Gasteiger partial charge in [0.25, 0.3) is 0 Å². The number of fused-ring (bicyclic) bond motifs is 1. The van der Waals surface area contributed by atoms with Crippen LogP contribution in [-0.4, -0.2) is 29.5 Å². The number of benzene rings is 2. The van der Waals surface area contributed by atoms with E-state index in [1.165, 1.54) is 11.1 Å². The summed E-state index contributed by atoms with van der Waals surface area (Å²) in [5.74, 6) is 1.40. The highest BCUT2D eigenvalue weighted by atomic mass is 16.5. The smallest absolute Gasteiger partial charge is 0.409 e. The van der Waals surface area contributed by atoms with E-state index in [0.29, 0.717) is 31.1 Å². The van der Waals surface area contributed by atoms with Crippen LogP contribution in [0.5, 0.6) is 5.75 Å². The molecule has 0 spiro atoms. The van der Waals surface area contributed by atoms with Crippen LogP contribution in [0.15, 0.2) is 24.3 Å². The monoisotopic (exact) mass is 383 g/mol. The maximum Gasteiger partial charge on any atom is 0.409 e. The highest BCUT2D eigenvalue weighted by molar-refractivity contribution is 5.87. The lowest BCUT2D eigenvalue weighted by atomic mass is 9.84. The van der Waals surface area contributed by atoms with Gasteiger partial charge in [0.15, 0.2) is 0 Å². The van der Waals surface area contributed by atoms with Crippen molar-refractivity contribution in [3.05, 3.63) is 57.6 Å². The first-order valence-electron chi connectivity index (χ1n) is 9.84. The molecule has 1 aliphatic heterocycles. The molecule has 1 heterocycles. The van der Waals surface area contributed by atoms with Gasteiger partial charge in [-0.2, -0.15) is 0 Å². The normalized spacial score (nSPS) is 15.4. The molecule has 2 aromatic rings. The van der Waals surface area contributed by atoms with E-state index in [9.17, 15) is 15.0 Å². The Morgan fingerprint density at radius 3 is 2.46 bits per heavy atom. The zero-order valence-electron chi connectivity index (χ0n) is 17.0. The number of carbonyl (C=O) groups is 1. The van der Waals surface area contributed by atoms with Crippen molar-refractivity contribution < 1.29 is 19.7 Å². The van der Waals surface area contributed by atoms with E-state index in [1.807, 2.05) is 13.8 Å². The van der Waals surface area contributed by atoms with Crippen molar-refractivity contribution in [3.63, 3.8) is 0 Å². The molecule has 0 radical (unpaired) electrons. The molecule has 1 aliphatic rings. The molecule has 5 nitrogen and oxygen atoms in total. The van der Waals surface area contributed by atoms with Crippen molar-refractivity contribution >= 4 is 11.8 Å². The molecule has 150 valence electrons. The Morgan fingerprint density at radius 1 is 1.21 bits per heavy atom. The molecule has 3 N–H and O–H groups in total. The molecular weight excluding hydrogens is 354 g/mol. The fraction of sp³-hybridized carbons (Fsp3) is 0.435. The fourth-order valence-corrected chi connectivity index (χ4v) is 4.13. The number of aliphatic hydroxyl groups excluding tert-OH is 1. The highest BCUT2D eigenvalue weighted by Gasteiger charge is 2.33. The first kappa shape index (κ1) is 20.2. The van der Waals surface area contributed by atoms with Gasteiger partial charge in [-0.05, 0) is 60.4 Å². The zero-order chi connectivity index (χ0) is 20.4. The van der Waals surface area contributed by atoms with Crippen LogP contribution in [0.4, 0.5) is 10.5 Å². The van der Waals surface area contributed by atoms with Gasteiger partial charge in [-0.25, -0.2) is 4.79 Å². The van der Waals surface area contributed by atoms with Crippen LogP contribution in [0, 0.1) is 13.8 Å². The molecule has 1 unspecified atom stereocenters. The quantitative estimate of drug-likeness (QED) is 0.658. The number of nitrogens with one attached hydrogen (secondary N) is 1. The largest absolute Gasteiger partial charge is 0.492 e. The van der Waals surface area contributed by atoms with E-state index in [1.54, 1.807) is 0 Å². The van der Waals surface area contributed by atoms with E-state index in [0.717, 1.165) is 28.0 Å². The van der Waals surface area contributed by atoms with Gasteiger partial charge in [-0.1, -0.05) is 38.1 Å². The SMILES string of the molecule is Cc1c(CCCO)c2c(c(C)c1NC(=O)O)C(c1ccc(C(C)C)cc1)CO2. The molecule has 0 fully saturated rings. The summed E-state index contributed by atoms with van der Waals surface area (Å²) in [5, 5.41) is 21.2.